The maximum Gasteiger partial charge on any atom is 0.305 e. The number of carboxylic acids is 1. The van der Waals surface area contributed by atoms with Crippen LogP contribution in [0.5, 0.6) is 0 Å². The molecule has 3 saturated heterocycles. The van der Waals surface area contributed by atoms with Gasteiger partial charge in [0.25, 0.3) is 0 Å². The molecule has 3 aliphatic heterocycles. The maximum atomic E-state index is 13.8. The lowest BCUT2D eigenvalue weighted by Gasteiger charge is -2.34. The molecule has 3 aliphatic rings. The SMILES string of the molecule is CCCOCCOCCOCCC(=O)C[C@H](C(=O)N1C[C@H](O)C[C@H]1C(=O)CCc1ccc(-c2scnc2C)cc1)C(C)(C)C.CCCOCCOCCOCCC(=O)O.Cc1ncsc1-c1ccc(CCC(=O)[C@@H]2C[C@@H](O)CN2C(=O)[C@@H](CC(=O)CCOCCOCCOCCN)C(C)(C)C)cc1.Cc1ncsc1-c1ccc(CCC(=O)[C@@H]2C[C@@H](O)CN2C(=O)[C@@H](N)C(C)(C)C)cc1. The summed E-state index contributed by atoms with van der Waals surface area (Å²) in [6, 6.07) is 21.7. The van der Waals surface area contributed by atoms with Crippen LogP contribution in [0.25, 0.3) is 31.3 Å². The van der Waals surface area contributed by atoms with E-state index in [4.69, 9.17) is 59.2 Å². The molecule has 0 aliphatic carbocycles. The number of ketones is 5. The fraction of sp³-hybridized carbons (Fsp3) is 0.640. The summed E-state index contributed by atoms with van der Waals surface area (Å²) >= 11 is 4.81. The van der Waals surface area contributed by atoms with Crippen LogP contribution in [-0.4, -0.2) is 290 Å². The van der Waals surface area contributed by atoms with Crippen molar-refractivity contribution in [3.63, 3.8) is 0 Å². The molecule has 9 atom stereocenters. The van der Waals surface area contributed by atoms with Crippen LogP contribution < -0.4 is 11.5 Å². The summed E-state index contributed by atoms with van der Waals surface area (Å²) in [6.45, 7) is 36.5. The van der Waals surface area contributed by atoms with E-state index >= 15 is 0 Å². The smallest absolute Gasteiger partial charge is 0.305 e. The molecule has 0 bridgehead atoms. The fourth-order valence-electron chi connectivity index (χ4n) is 15.3. The minimum absolute atomic E-state index is 0.0246. The van der Waals surface area contributed by atoms with E-state index in [-0.39, 0.29) is 150 Å². The predicted molar refractivity (Wildman–Crippen MR) is 516 cm³/mol. The van der Waals surface area contributed by atoms with Crippen molar-refractivity contribution in [2.75, 3.05) is 145 Å². The van der Waals surface area contributed by atoms with Gasteiger partial charge in [0.2, 0.25) is 17.7 Å². The summed E-state index contributed by atoms with van der Waals surface area (Å²) in [4.78, 5) is 137. The van der Waals surface area contributed by atoms with Gasteiger partial charge in [0.1, 0.15) is 11.6 Å². The van der Waals surface area contributed by atoms with Crippen LogP contribution in [0.15, 0.2) is 89.3 Å². The van der Waals surface area contributed by atoms with Gasteiger partial charge >= 0.3 is 5.97 Å². The molecule has 0 saturated carbocycles. The number of aryl methyl sites for hydroxylation is 6. The van der Waals surface area contributed by atoms with Gasteiger partial charge in [-0.3, -0.25) is 43.2 Å². The number of benzene rings is 3. The van der Waals surface area contributed by atoms with Crippen molar-refractivity contribution in [2.45, 2.75) is 242 Å². The number of rotatable bonds is 55. The summed E-state index contributed by atoms with van der Waals surface area (Å²) in [5.74, 6) is -3.13. The number of hydrogen-bond donors (Lipinski definition) is 6. The number of nitrogens with two attached hydrogens (primary N) is 2. The van der Waals surface area contributed by atoms with E-state index in [0.717, 1.165) is 91.1 Å². The van der Waals surface area contributed by atoms with Crippen molar-refractivity contribution in [2.24, 2.45) is 39.5 Å². The number of carbonyl (C=O) groups excluding carboxylic acids is 8. The first-order valence-electron chi connectivity index (χ1n) is 46.8. The number of thiazole rings is 3. The number of hydrogen-bond acceptors (Lipinski definition) is 29. The Balaban J connectivity index is 0.000000288. The summed E-state index contributed by atoms with van der Waals surface area (Å²) < 4.78 is 48.0. The second-order valence-electron chi connectivity index (χ2n) is 37.1. The second-order valence-corrected chi connectivity index (χ2v) is 39.7. The lowest BCUT2D eigenvalue weighted by molar-refractivity contribution is -0.146. The van der Waals surface area contributed by atoms with Gasteiger partial charge in [-0.1, -0.05) is 149 Å². The van der Waals surface area contributed by atoms with E-state index in [9.17, 15) is 58.5 Å². The molecule has 8 N–H and O–H groups in total. The number of ether oxygens (including phenoxy) is 9. The van der Waals surface area contributed by atoms with Crippen LogP contribution in [0.2, 0.25) is 0 Å². The topological polar surface area (TPSA) is 418 Å². The van der Waals surface area contributed by atoms with Gasteiger partial charge in [-0.2, -0.15) is 0 Å². The van der Waals surface area contributed by atoms with Crippen molar-refractivity contribution in [3.8, 4) is 31.3 Å². The Bertz CT molecular complexity index is 4260. The first-order valence-corrected chi connectivity index (χ1v) is 49.4. The van der Waals surface area contributed by atoms with Crippen LogP contribution in [0, 0.1) is 48.9 Å². The number of carbonyl (C=O) groups is 9. The first-order chi connectivity index (χ1) is 63.4. The van der Waals surface area contributed by atoms with Crippen molar-refractivity contribution in [1.29, 1.82) is 0 Å². The highest BCUT2D eigenvalue weighted by Gasteiger charge is 2.47. The summed E-state index contributed by atoms with van der Waals surface area (Å²) in [7, 11) is 0. The van der Waals surface area contributed by atoms with E-state index in [2.05, 4.69) is 40.9 Å². The zero-order valence-corrected chi connectivity index (χ0v) is 83.4. The molecule has 3 aromatic carbocycles. The zero-order chi connectivity index (χ0) is 97.6. The van der Waals surface area contributed by atoms with E-state index in [1.807, 2.05) is 160 Å². The number of β-amino-alcohol motifs (C(OH)–C–C–N with tert-alkyl or cyclic N) is 3. The number of nitrogens with zero attached hydrogens (tertiary/aromatic N) is 6. The van der Waals surface area contributed by atoms with Gasteiger partial charge in [-0.05, 0) is 103 Å². The minimum Gasteiger partial charge on any atom is -0.481 e. The monoisotopic (exact) mass is 1910 g/mol. The predicted octanol–water partition coefficient (Wildman–Crippen LogP) is 12.5. The number of amides is 3. The molecule has 133 heavy (non-hydrogen) atoms. The summed E-state index contributed by atoms with van der Waals surface area (Å²) in [5, 5.41) is 39.3. The molecular weight excluding hydrogens is 1760 g/mol. The normalized spacial score (nSPS) is 17.5. The molecule has 3 fully saturated rings. The van der Waals surface area contributed by atoms with Crippen molar-refractivity contribution in [3.05, 3.63) is 123 Å². The van der Waals surface area contributed by atoms with Crippen molar-refractivity contribution in [1.82, 2.24) is 29.7 Å². The number of carboxylic acid groups (broad SMARTS) is 1. The number of Topliss-reactive ketones (excluding diaryl/α,β-unsaturated/α-hetero) is 5. The molecule has 0 unspecified atom stereocenters. The van der Waals surface area contributed by atoms with E-state index in [0.29, 0.717) is 118 Å². The molecule has 740 valence electrons. The summed E-state index contributed by atoms with van der Waals surface area (Å²) in [5.41, 5.74) is 25.0. The minimum atomic E-state index is -0.844. The fourth-order valence-corrected chi connectivity index (χ4v) is 17.7. The molecule has 30 nitrogen and oxygen atoms in total. The highest BCUT2D eigenvalue weighted by molar-refractivity contribution is 7.14. The van der Waals surface area contributed by atoms with Gasteiger partial charge in [0, 0.05) is 115 Å². The maximum absolute atomic E-state index is 13.8. The standard InChI is InChI=1S/C34H50N2O7S.C33H49N3O7S.C23H31N3O3S.C10H20O5/c1-6-14-41-16-18-43-19-17-42-15-13-27(37)20-29(34(3,4)5)33(40)36-22-28(38)21-30(36)31(39)12-9-25-7-10-26(11-8-25)32-24(2)35-23-44-32;1-23-31(44-22-35-23)25-8-5-24(6-9-25)7-10-30(39)29-20-27(38)21-36(29)32(40)28(33(2,3)4)19-26(37)11-13-41-15-17-43-18-16-42-14-12-34;1-14-20(30-13-25-14)16-8-5-15(6-9-16)7-10-19(28)18-11-17(27)12-26(18)22(29)21(24)23(2,3)4;1-2-4-13-6-8-15-9-7-14-5-3-10(11)12/h7-8,10-11,23,28-30,38H,6,9,12-22H2,1-5H3;5-6,8-9,22,27-29,38H,7,10-21,34H2,1-4H3;5-6,8-9,13,17-18,21,27H,7,10-12,24H2,1-4H3;2-9H2,1H3,(H,11,12)/t28-,29-,30+;27-,28-,29+;17-,18+,21-;/m111./s1. The van der Waals surface area contributed by atoms with Crippen LogP contribution >= 0.6 is 34.0 Å². The average molecular weight is 1910 g/mol. The van der Waals surface area contributed by atoms with Crippen LogP contribution in [0.1, 0.15) is 193 Å². The lowest BCUT2D eigenvalue weighted by atomic mass is 9.76. The van der Waals surface area contributed by atoms with Gasteiger partial charge in [0.05, 0.1) is 203 Å². The molecule has 3 amide bonds. The molecular formula is C100H150N8O22S3. The molecule has 3 aromatic heterocycles. The largest absolute Gasteiger partial charge is 0.481 e. The third kappa shape index (κ3) is 40.8. The third-order valence-corrected chi connectivity index (χ3v) is 26.1. The van der Waals surface area contributed by atoms with Crippen LogP contribution in [0.3, 0.4) is 0 Å². The van der Waals surface area contributed by atoms with Crippen LogP contribution in [0.4, 0.5) is 0 Å². The van der Waals surface area contributed by atoms with E-state index in [1.165, 1.54) is 14.7 Å². The molecule has 0 spiro atoms. The van der Waals surface area contributed by atoms with Gasteiger partial charge in [-0.25, -0.2) is 15.0 Å². The number of aromatic nitrogens is 3. The highest BCUT2D eigenvalue weighted by atomic mass is 32.1. The molecule has 33 heteroatoms. The third-order valence-electron chi connectivity index (χ3n) is 23.1. The van der Waals surface area contributed by atoms with Gasteiger partial charge < -0.3 is 89.2 Å². The van der Waals surface area contributed by atoms with Gasteiger partial charge in [-0.15, -0.1) is 34.0 Å². The number of aliphatic carboxylic acids is 1. The number of aliphatic hydroxyl groups is 3. The molecule has 0 radical (unpaired) electrons. The van der Waals surface area contributed by atoms with Crippen molar-refractivity contribution >= 4 is 86.6 Å². The Kier molecular flexibility index (Phi) is 51.4. The van der Waals surface area contributed by atoms with Crippen LogP contribution in [-0.2, 0) is 105 Å². The first kappa shape index (κ1) is 114. The number of aliphatic hydroxyl groups excluding tert-OH is 3. The summed E-state index contributed by atoms with van der Waals surface area (Å²) in [6.07, 6.45) is 3.59. The Morgan fingerprint density at radius 1 is 0.383 bits per heavy atom. The van der Waals surface area contributed by atoms with E-state index in [1.54, 1.807) is 34.0 Å². The van der Waals surface area contributed by atoms with E-state index < -0.39 is 76.5 Å². The Hall–Kier alpha value is -7.78. The van der Waals surface area contributed by atoms with Crippen molar-refractivity contribution < 1.29 is 106 Å². The molecule has 9 rings (SSSR count). The highest BCUT2D eigenvalue weighted by Crippen LogP contribution is 2.38. The Labute approximate surface area is 799 Å². The quantitative estimate of drug-likeness (QED) is 0.0193. The second kappa shape index (κ2) is 60.1. The zero-order valence-electron chi connectivity index (χ0n) is 80.9. The Morgan fingerprint density at radius 2 is 0.647 bits per heavy atom. The number of likely N-dealkylation sites (tertiary alicyclic amines) is 3. The van der Waals surface area contributed by atoms with Gasteiger partial charge in [0.15, 0.2) is 17.3 Å². The Morgan fingerprint density at radius 3 is 0.895 bits per heavy atom. The molecule has 6 aromatic rings. The molecule has 6 heterocycles. The average Bonchev–Trinajstić information content (AvgIpc) is 1.72. The lowest BCUT2D eigenvalue weighted by Crippen LogP contribution is -2.53.